The lowest BCUT2D eigenvalue weighted by Gasteiger charge is -2.39. The van der Waals surface area contributed by atoms with Crippen LogP contribution in [0.25, 0.3) is 20.9 Å². The van der Waals surface area contributed by atoms with E-state index in [1.54, 1.807) is 0 Å². The van der Waals surface area contributed by atoms with E-state index < -0.39 is 11.6 Å². The quantitative estimate of drug-likeness (QED) is 0.112. The monoisotopic (exact) mass is 641 g/mol. The van der Waals surface area contributed by atoms with Crippen molar-refractivity contribution in [2.24, 2.45) is 27.1 Å². The van der Waals surface area contributed by atoms with Gasteiger partial charge in [0, 0.05) is 66.9 Å². The summed E-state index contributed by atoms with van der Waals surface area (Å²) in [5.74, 6) is 0.461. The van der Waals surface area contributed by atoms with Crippen LogP contribution >= 0.6 is 0 Å². The van der Waals surface area contributed by atoms with Crippen LogP contribution in [0.2, 0.25) is 0 Å². The second kappa shape index (κ2) is 17.3. The van der Waals surface area contributed by atoms with E-state index in [1.165, 1.54) is 0 Å². The highest BCUT2D eigenvalue weighted by atomic mass is 16.5. The van der Waals surface area contributed by atoms with Crippen LogP contribution in [0, 0.1) is 11.8 Å². The van der Waals surface area contributed by atoms with Gasteiger partial charge in [0.15, 0.2) is 17.5 Å². The largest absolute Gasteiger partial charge is 0.470 e. The van der Waals surface area contributed by atoms with Gasteiger partial charge in [-0.05, 0) is 99.6 Å². The fraction of sp³-hybridized carbons (Fsp3) is 0.875. The van der Waals surface area contributed by atoms with Crippen LogP contribution in [0.1, 0.15) is 89.9 Å². The number of nitrogens with zero attached hydrogens (tertiary/aromatic N) is 8. The Bertz CT molecular complexity index is 1190. The summed E-state index contributed by atoms with van der Waals surface area (Å²) < 4.78 is 18.4. The molecule has 0 aromatic heterocycles. The van der Waals surface area contributed by atoms with Crippen molar-refractivity contribution in [2.75, 3.05) is 52.6 Å². The summed E-state index contributed by atoms with van der Waals surface area (Å²) in [5.41, 5.74) is 19.1. The number of hydrogen-bond acceptors (Lipinski definition) is 9. The third-order valence-electron chi connectivity index (χ3n) is 10.5. The van der Waals surface area contributed by atoms with E-state index in [2.05, 4.69) is 30.3 Å². The molecule has 3 aliphatic carbocycles. The fourth-order valence-corrected chi connectivity index (χ4v) is 7.97. The molecule has 1 amide bonds. The van der Waals surface area contributed by atoms with Gasteiger partial charge in [0.05, 0.1) is 19.3 Å². The van der Waals surface area contributed by atoms with Gasteiger partial charge in [-0.25, -0.2) is 4.99 Å². The van der Waals surface area contributed by atoms with E-state index in [-0.39, 0.29) is 36.5 Å². The lowest BCUT2D eigenvalue weighted by molar-refractivity contribution is -0.129. The minimum absolute atomic E-state index is 0.0217. The number of rotatable bonds is 14. The van der Waals surface area contributed by atoms with Gasteiger partial charge in [-0.3, -0.25) is 9.69 Å². The van der Waals surface area contributed by atoms with Crippen molar-refractivity contribution in [1.82, 2.24) is 10.2 Å². The molecule has 5 rings (SSSR count). The topological polar surface area (TPSA) is 190 Å². The van der Waals surface area contributed by atoms with Gasteiger partial charge in [0.2, 0.25) is 0 Å². The predicted octanol–water partition coefficient (Wildman–Crippen LogP) is 5.33. The molecule has 14 heteroatoms. The molecule has 0 aromatic carbocycles. The molecule has 14 nitrogen and oxygen atoms in total. The number of nitrogens with one attached hydrogen (secondary N) is 1. The Labute approximate surface area is 271 Å². The maximum absolute atomic E-state index is 14.7. The summed E-state index contributed by atoms with van der Waals surface area (Å²) in [6.45, 7) is 4.89. The standard InChI is InChI=1S/C32H51N9O5/c33-39-37-27-8-3-1-6-24(27)22-32(31(43)35-14-15-41-16-20-44-21-17-41)29(26-7-2-4-9-28(26)38-40-34)46-30(36-32)23-10-12-25(13-11-23)45-19-5-18-42/h23-25,27,29,42H,1-22H2,(H,35,43)/t23?,24?,25?,27?,29-,32-/m1/s1. The molecule has 5 aliphatic rings. The molecule has 2 N–H and O–H groups in total. The minimum Gasteiger partial charge on any atom is -0.470 e. The summed E-state index contributed by atoms with van der Waals surface area (Å²) in [7, 11) is 0. The molecule has 254 valence electrons. The number of ether oxygens (including phenoxy) is 3. The molecule has 0 aromatic rings. The molecule has 2 saturated carbocycles. The molecular formula is C32H51N9O5. The smallest absolute Gasteiger partial charge is 0.252 e. The SMILES string of the molecule is [N-]=[N+]=NC1=C([C@H]2OC(C3CCC(OCCCO)CC3)=N[C@@]2(CC2CCCCC2N=[N+]=[N-])C(=O)NCCN2CCOCC2)CCCC1. The Morgan fingerprint density at radius 2 is 1.85 bits per heavy atom. The van der Waals surface area contributed by atoms with Crippen molar-refractivity contribution in [3.63, 3.8) is 0 Å². The van der Waals surface area contributed by atoms with Crippen LogP contribution in [0.5, 0.6) is 0 Å². The zero-order valence-corrected chi connectivity index (χ0v) is 27.1. The number of aliphatic hydroxyl groups is 1. The lowest BCUT2D eigenvalue weighted by Crippen LogP contribution is -2.56. The Morgan fingerprint density at radius 1 is 1.07 bits per heavy atom. The van der Waals surface area contributed by atoms with Gasteiger partial charge in [-0.2, -0.15) is 0 Å². The van der Waals surface area contributed by atoms with E-state index in [9.17, 15) is 15.9 Å². The third kappa shape index (κ3) is 8.53. The van der Waals surface area contributed by atoms with E-state index in [0.29, 0.717) is 70.2 Å². The number of hydrogen-bond donors (Lipinski definition) is 2. The van der Waals surface area contributed by atoms with Crippen LogP contribution in [0.3, 0.4) is 0 Å². The number of allylic oxidation sites excluding steroid dienone is 1. The molecule has 3 fully saturated rings. The first-order valence-electron chi connectivity index (χ1n) is 17.5. The first kappa shape index (κ1) is 34.5. The summed E-state index contributed by atoms with van der Waals surface area (Å²) in [5, 5.41) is 20.7. The fourth-order valence-electron chi connectivity index (χ4n) is 7.97. The summed E-state index contributed by atoms with van der Waals surface area (Å²) in [6, 6.07) is -0.208. The van der Waals surface area contributed by atoms with Crippen LogP contribution in [0.15, 0.2) is 26.5 Å². The third-order valence-corrected chi connectivity index (χ3v) is 10.5. The first-order chi connectivity index (χ1) is 22.6. The number of morpholine rings is 1. The van der Waals surface area contributed by atoms with Crippen molar-refractivity contribution in [3.8, 4) is 0 Å². The molecule has 0 bridgehead atoms. The normalized spacial score (nSPS) is 32.1. The second-order valence-corrected chi connectivity index (χ2v) is 13.4. The zero-order valence-electron chi connectivity index (χ0n) is 27.1. The van der Waals surface area contributed by atoms with Crippen LogP contribution in [-0.2, 0) is 19.0 Å². The molecule has 0 spiro atoms. The van der Waals surface area contributed by atoms with Gasteiger partial charge < -0.3 is 24.6 Å². The van der Waals surface area contributed by atoms with Crippen LogP contribution < -0.4 is 5.32 Å². The van der Waals surface area contributed by atoms with Crippen molar-refractivity contribution in [3.05, 3.63) is 32.2 Å². The number of azide groups is 2. The molecule has 2 aliphatic heterocycles. The number of aliphatic hydroxyl groups excluding tert-OH is 1. The lowest BCUT2D eigenvalue weighted by atomic mass is 9.72. The maximum Gasteiger partial charge on any atom is 0.252 e. The highest BCUT2D eigenvalue weighted by Crippen LogP contribution is 2.46. The first-order valence-corrected chi connectivity index (χ1v) is 17.5. The summed E-state index contributed by atoms with van der Waals surface area (Å²) >= 11 is 0. The predicted molar refractivity (Wildman–Crippen MR) is 173 cm³/mol. The van der Waals surface area contributed by atoms with Crippen LogP contribution in [-0.4, -0.2) is 98.2 Å². The average Bonchev–Trinajstić information content (AvgIpc) is 3.47. The van der Waals surface area contributed by atoms with Gasteiger partial charge >= 0.3 is 0 Å². The van der Waals surface area contributed by atoms with Crippen molar-refractivity contribution < 1.29 is 24.1 Å². The van der Waals surface area contributed by atoms with Crippen molar-refractivity contribution >= 4 is 11.8 Å². The molecule has 46 heavy (non-hydrogen) atoms. The van der Waals surface area contributed by atoms with Gasteiger partial charge in [0.25, 0.3) is 5.91 Å². The molecule has 0 radical (unpaired) electrons. The zero-order chi connectivity index (χ0) is 32.2. The van der Waals surface area contributed by atoms with Gasteiger partial charge in [0.1, 0.15) is 0 Å². The van der Waals surface area contributed by atoms with Gasteiger partial charge in [-0.1, -0.05) is 23.1 Å². The number of carbonyl (C=O) groups excluding carboxylic acids is 1. The maximum atomic E-state index is 14.7. The average molecular weight is 642 g/mol. The number of carbonyl (C=O) groups is 1. The van der Waals surface area contributed by atoms with Crippen molar-refractivity contribution in [2.45, 2.75) is 114 Å². The van der Waals surface area contributed by atoms with E-state index in [0.717, 1.165) is 82.9 Å². The highest BCUT2D eigenvalue weighted by Gasteiger charge is 2.56. The van der Waals surface area contributed by atoms with Crippen LogP contribution in [0.4, 0.5) is 0 Å². The number of aliphatic imine (C=N–C) groups is 1. The molecule has 4 atom stereocenters. The summed E-state index contributed by atoms with van der Waals surface area (Å²) in [4.78, 5) is 28.6. The Balaban J connectivity index is 1.47. The van der Waals surface area contributed by atoms with E-state index >= 15 is 0 Å². The summed E-state index contributed by atoms with van der Waals surface area (Å²) in [6.07, 6.45) is 10.7. The van der Waals surface area contributed by atoms with E-state index in [1.807, 2.05) is 0 Å². The Morgan fingerprint density at radius 3 is 2.61 bits per heavy atom. The van der Waals surface area contributed by atoms with Gasteiger partial charge in [-0.15, -0.1) is 0 Å². The second-order valence-electron chi connectivity index (χ2n) is 13.4. The Hall–Kier alpha value is -2.86. The molecule has 2 unspecified atom stereocenters. The Kier molecular flexibility index (Phi) is 13.0. The van der Waals surface area contributed by atoms with Crippen molar-refractivity contribution in [1.29, 1.82) is 0 Å². The van der Waals surface area contributed by atoms with E-state index in [4.69, 9.17) is 24.3 Å². The molecule has 1 saturated heterocycles. The number of amides is 1. The molecular weight excluding hydrogens is 590 g/mol. The highest BCUT2D eigenvalue weighted by molar-refractivity contribution is 5.94. The minimum atomic E-state index is -1.26. The molecule has 2 heterocycles.